The summed E-state index contributed by atoms with van der Waals surface area (Å²) in [6, 6.07) is 8.03. The van der Waals surface area contributed by atoms with Crippen molar-refractivity contribution in [1.29, 1.82) is 0 Å². The molecule has 0 radical (unpaired) electrons. The Balaban J connectivity index is 1.91. The largest absolute Gasteiger partial charge is 0.356 e. The topological polar surface area (TPSA) is 29.0 Å². The molecule has 0 bridgehead atoms. The fraction of sp³-hybridized carbons (Fsp3) is 0.429. The summed E-state index contributed by atoms with van der Waals surface area (Å²) in [5, 5.41) is 1.08. The summed E-state index contributed by atoms with van der Waals surface area (Å²) in [4.78, 5) is 10.9. The van der Waals surface area contributed by atoms with Gasteiger partial charge in [-0.15, -0.1) is 0 Å². The van der Waals surface area contributed by atoms with E-state index in [9.17, 15) is 4.39 Å². The average molecular weight is 245 g/mol. The van der Waals surface area contributed by atoms with Crippen LogP contribution in [0.5, 0.6) is 0 Å². The fourth-order valence-electron chi connectivity index (χ4n) is 2.54. The maximum Gasteiger partial charge on any atom is 0.139 e. The smallest absolute Gasteiger partial charge is 0.139 e. The van der Waals surface area contributed by atoms with E-state index >= 15 is 0 Å². The van der Waals surface area contributed by atoms with Crippen molar-refractivity contribution in [2.24, 2.45) is 5.92 Å². The first-order chi connectivity index (χ1) is 8.88. The summed E-state index contributed by atoms with van der Waals surface area (Å²) in [5.41, 5.74) is 0.968. The zero-order valence-electron chi connectivity index (χ0n) is 10.2. The zero-order valence-corrected chi connectivity index (χ0v) is 10.2. The van der Waals surface area contributed by atoms with Crippen molar-refractivity contribution in [1.82, 2.24) is 9.97 Å². The number of nitrogens with zero attached hydrogens (tertiary/aromatic N) is 3. The molecule has 0 aliphatic carbocycles. The monoisotopic (exact) mass is 245 g/mol. The Morgan fingerprint density at radius 2 is 1.94 bits per heavy atom. The van der Waals surface area contributed by atoms with E-state index in [1.54, 1.807) is 6.33 Å². The van der Waals surface area contributed by atoms with Gasteiger partial charge in [0.15, 0.2) is 0 Å². The van der Waals surface area contributed by atoms with Crippen molar-refractivity contribution in [3.05, 3.63) is 30.6 Å². The SMILES string of the molecule is FCC1CCN(c2ncnc3ccccc23)CC1. The van der Waals surface area contributed by atoms with Crippen molar-refractivity contribution in [2.45, 2.75) is 12.8 Å². The molecular formula is C14H16FN3. The number of halogens is 1. The molecule has 1 saturated heterocycles. The van der Waals surface area contributed by atoms with E-state index in [0.29, 0.717) is 0 Å². The maximum absolute atomic E-state index is 12.6. The molecule has 2 aromatic rings. The number of alkyl halides is 1. The van der Waals surface area contributed by atoms with Crippen LogP contribution in [-0.2, 0) is 0 Å². The summed E-state index contributed by atoms with van der Waals surface area (Å²) in [7, 11) is 0. The van der Waals surface area contributed by atoms with Gasteiger partial charge in [0.05, 0.1) is 12.2 Å². The molecule has 4 heteroatoms. The van der Waals surface area contributed by atoms with E-state index in [2.05, 4.69) is 14.9 Å². The standard InChI is InChI=1S/C14H16FN3/c15-9-11-5-7-18(8-6-11)14-12-3-1-2-4-13(12)16-10-17-14/h1-4,10-11H,5-9H2. The van der Waals surface area contributed by atoms with Crippen LogP contribution in [0.4, 0.5) is 10.2 Å². The first kappa shape index (κ1) is 11.4. The molecule has 1 aromatic carbocycles. The van der Waals surface area contributed by atoms with Crippen LogP contribution in [0.1, 0.15) is 12.8 Å². The first-order valence-electron chi connectivity index (χ1n) is 6.39. The fourth-order valence-corrected chi connectivity index (χ4v) is 2.54. The van der Waals surface area contributed by atoms with Gasteiger partial charge in [0.25, 0.3) is 0 Å². The van der Waals surface area contributed by atoms with Crippen molar-refractivity contribution in [3.63, 3.8) is 0 Å². The highest BCUT2D eigenvalue weighted by Crippen LogP contribution is 2.27. The third-order valence-corrected chi connectivity index (χ3v) is 3.65. The van der Waals surface area contributed by atoms with Gasteiger partial charge in [-0.1, -0.05) is 12.1 Å². The highest BCUT2D eigenvalue weighted by molar-refractivity contribution is 5.89. The molecule has 0 amide bonds. The average Bonchev–Trinajstić information content (AvgIpc) is 2.47. The normalized spacial score (nSPS) is 17.3. The van der Waals surface area contributed by atoms with Crippen molar-refractivity contribution < 1.29 is 4.39 Å². The number of hydrogen-bond donors (Lipinski definition) is 0. The minimum atomic E-state index is -0.196. The number of benzene rings is 1. The molecule has 0 saturated carbocycles. The Labute approximate surface area is 106 Å². The number of hydrogen-bond acceptors (Lipinski definition) is 3. The molecule has 0 unspecified atom stereocenters. The summed E-state index contributed by atoms with van der Waals surface area (Å²) in [6.45, 7) is 1.57. The Bertz CT molecular complexity index is 530. The molecule has 18 heavy (non-hydrogen) atoms. The molecule has 0 spiro atoms. The van der Waals surface area contributed by atoms with Gasteiger partial charge in [-0.05, 0) is 30.9 Å². The first-order valence-corrected chi connectivity index (χ1v) is 6.39. The summed E-state index contributed by atoms with van der Waals surface area (Å²) in [5.74, 6) is 1.22. The van der Waals surface area contributed by atoms with Gasteiger partial charge in [0.2, 0.25) is 0 Å². The van der Waals surface area contributed by atoms with Crippen molar-refractivity contribution in [3.8, 4) is 0 Å². The molecule has 1 fully saturated rings. The van der Waals surface area contributed by atoms with E-state index in [1.807, 2.05) is 24.3 Å². The van der Waals surface area contributed by atoms with Crippen LogP contribution in [0.25, 0.3) is 10.9 Å². The lowest BCUT2D eigenvalue weighted by molar-refractivity contribution is 0.307. The van der Waals surface area contributed by atoms with E-state index in [4.69, 9.17) is 0 Å². The van der Waals surface area contributed by atoms with Gasteiger partial charge >= 0.3 is 0 Å². The number of fused-ring (bicyclic) bond motifs is 1. The molecule has 3 rings (SSSR count). The molecule has 2 heterocycles. The molecular weight excluding hydrogens is 229 g/mol. The Morgan fingerprint density at radius 3 is 2.72 bits per heavy atom. The van der Waals surface area contributed by atoms with Gasteiger partial charge in [0, 0.05) is 18.5 Å². The molecule has 1 aromatic heterocycles. The van der Waals surface area contributed by atoms with E-state index < -0.39 is 0 Å². The zero-order chi connectivity index (χ0) is 12.4. The number of aromatic nitrogens is 2. The van der Waals surface area contributed by atoms with Crippen LogP contribution in [-0.4, -0.2) is 29.7 Å². The van der Waals surface area contributed by atoms with Crippen LogP contribution < -0.4 is 4.90 Å². The Morgan fingerprint density at radius 1 is 1.17 bits per heavy atom. The molecule has 3 nitrogen and oxygen atoms in total. The lowest BCUT2D eigenvalue weighted by Gasteiger charge is -2.32. The lowest BCUT2D eigenvalue weighted by atomic mass is 9.98. The van der Waals surface area contributed by atoms with Crippen LogP contribution in [0.15, 0.2) is 30.6 Å². The van der Waals surface area contributed by atoms with Gasteiger partial charge in [0.1, 0.15) is 12.1 Å². The Hall–Kier alpha value is -1.71. The quantitative estimate of drug-likeness (QED) is 0.814. The van der Waals surface area contributed by atoms with Gasteiger partial charge in [-0.2, -0.15) is 0 Å². The van der Waals surface area contributed by atoms with Crippen LogP contribution in [0, 0.1) is 5.92 Å². The van der Waals surface area contributed by atoms with Crippen molar-refractivity contribution in [2.75, 3.05) is 24.7 Å². The van der Waals surface area contributed by atoms with E-state index in [0.717, 1.165) is 42.7 Å². The third-order valence-electron chi connectivity index (χ3n) is 3.65. The van der Waals surface area contributed by atoms with Gasteiger partial charge < -0.3 is 4.90 Å². The van der Waals surface area contributed by atoms with Gasteiger partial charge in [-0.3, -0.25) is 4.39 Å². The van der Waals surface area contributed by atoms with Crippen LogP contribution >= 0.6 is 0 Å². The minimum absolute atomic E-state index is 0.196. The number of para-hydroxylation sites is 1. The summed E-state index contributed by atoms with van der Waals surface area (Å²) in [6.07, 6.45) is 3.43. The predicted molar refractivity (Wildman–Crippen MR) is 70.5 cm³/mol. The number of rotatable bonds is 2. The number of piperidine rings is 1. The Kier molecular flexibility index (Phi) is 3.09. The molecule has 1 aliphatic rings. The summed E-state index contributed by atoms with van der Waals surface area (Å²) < 4.78 is 12.6. The van der Waals surface area contributed by atoms with Crippen molar-refractivity contribution >= 4 is 16.7 Å². The highest BCUT2D eigenvalue weighted by Gasteiger charge is 2.21. The minimum Gasteiger partial charge on any atom is -0.356 e. The molecule has 1 aliphatic heterocycles. The third kappa shape index (κ3) is 2.03. The second-order valence-corrected chi connectivity index (χ2v) is 4.80. The molecule has 0 N–H and O–H groups in total. The summed E-state index contributed by atoms with van der Waals surface area (Å²) >= 11 is 0. The second-order valence-electron chi connectivity index (χ2n) is 4.80. The predicted octanol–water partition coefficient (Wildman–Crippen LogP) is 2.82. The van der Waals surface area contributed by atoms with Crippen LogP contribution in [0.2, 0.25) is 0 Å². The molecule has 0 atom stereocenters. The van der Waals surface area contributed by atoms with E-state index in [-0.39, 0.29) is 12.6 Å². The van der Waals surface area contributed by atoms with E-state index in [1.165, 1.54) is 0 Å². The maximum atomic E-state index is 12.6. The van der Waals surface area contributed by atoms with Crippen LogP contribution in [0.3, 0.4) is 0 Å². The highest BCUT2D eigenvalue weighted by atomic mass is 19.1. The lowest BCUT2D eigenvalue weighted by Crippen LogP contribution is -2.35. The second kappa shape index (κ2) is 4.88. The van der Waals surface area contributed by atoms with Gasteiger partial charge in [-0.25, -0.2) is 9.97 Å². The number of anilines is 1. The molecule has 94 valence electrons.